The molecule has 0 aliphatic rings. The topological polar surface area (TPSA) is 91.6 Å². The van der Waals surface area contributed by atoms with Gasteiger partial charge in [-0.2, -0.15) is 0 Å². The SMILES string of the molecule is Cn1cccc1C(=O)Nc1cc(C(=O)O)ccc1O. The van der Waals surface area contributed by atoms with Crippen LogP contribution < -0.4 is 5.32 Å². The van der Waals surface area contributed by atoms with E-state index >= 15 is 0 Å². The number of rotatable bonds is 3. The number of hydrogen-bond acceptors (Lipinski definition) is 3. The van der Waals surface area contributed by atoms with Crippen molar-refractivity contribution < 1.29 is 19.8 Å². The number of anilines is 1. The van der Waals surface area contributed by atoms with Crippen molar-refractivity contribution in [2.24, 2.45) is 7.05 Å². The number of nitrogens with one attached hydrogen (secondary N) is 1. The van der Waals surface area contributed by atoms with Crippen LogP contribution in [0.1, 0.15) is 20.8 Å². The van der Waals surface area contributed by atoms with Crippen LogP contribution in [-0.4, -0.2) is 26.7 Å². The van der Waals surface area contributed by atoms with E-state index in [1.807, 2.05) is 0 Å². The van der Waals surface area contributed by atoms with Gasteiger partial charge in [-0.1, -0.05) is 0 Å². The fourth-order valence-electron chi connectivity index (χ4n) is 1.65. The van der Waals surface area contributed by atoms with Gasteiger partial charge in [0.15, 0.2) is 0 Å². The van der Waals surface area contributed by atoms with E-state index < -0.39 is 11.9 Å². The van der Waals surface area contributed by atoms with Gasteiger partial charge in [-0.3, -0.25) is 4.79 Å². The van der Waals surface area contributed by atoms with Crippen LogP contribution in [0, 0.1) is 0 Å². The molecule has 0 aliphatic heterocycles. The largest absolute Gasteiger partial charge is 0.506 e. The summed E-state index contributed by atoms with van der Waals surface area (Å²) in [4.78, 5) is 22.8. The van der Waals surface area contributed by atoms with Crippen molar-refractivity contribution in [1.82, 2.24) is 4.57 Å². The average molecular weight is 260 g/mol. The maximum atomic E-state index is 11.9. The molecule has 1 amide bonds. The number of benzene rings is 1. The van der Waals surface area contributed by atoms with Gasteiger partial charge in [0.25, 0.3) is 5.91 Å². The Kier molecular flexibility index (Phi) is 3.24. The lowest BCUT2D eigenvalue weighted by molar-refractivity contribution is 0.0696. The zero-order chi connectivity index (χ0) is 14.0. The summed E-state index contributed by atoms with van der Waals surface area (Å²) in [5, 5.41) is 21.0. The van der Waals surface area contributed by atoms with E-state index in [4.69, 9.17) is 5.11 Å². The van der Waals surface area contributed by atoms with Crippen LogP contribution in [0.2, 0.25) is 0 Å². The van der Waals surface area contributed by atoms with E-state index in [9.17, 15) is 14.7 Å². The molecule has 2 aromatic rings. The second-order valence-electron chi connectivity index (χ2n) is 4.00. The number of aryl methyl sites for hydroxylation is 1. The predicted octanol–water partition coefficient (Wildman–Crippen LogP) is 1.68. The predicted molar refractivity (Wildman–Crippen MR) is 68.4 cm³/mol. The van der Waals surface area contributed by atoms with Gasteiger partial charge in [-0.15, -0.1) is 0 Å². The fraction of sp³-hybridized carbons (Fsp3) is 0.0769. The number of phenolic OH excluding ortho intramolecular Hbond substituents is 1. The summed E-state index contributed by atoms with van der Waals surface area (Å²) in [5.41, 5.74) is 0.450. The lowest BCUT2D eigenvalue weighted by atomic mass is 10.2. The van der Waals surface area contributed by atoms with E-state index in [2.05, 4.69) is 5.32 Å². The molecule has 3 N–H and O–H groups in total. The molecule has 0 unspecified atom stereocenters. The highest BCUT2D eigenvalue weighted by Crippen LogP contribution is 2.24. The van der Waals surface area contributed by atoms with Crippen molar-refractivity contribution in [3.8, 4) is 5.75 Å². The number of hydrogen-bond donors (Lipinski definition) is 3. The molecule has 98 valence electrons. The summed E-state index contributed by atoms with van der Waals surface area (Å²) in [6.45, 7) is 0. The van der Waals surface area contributed by atoms with Gasteiger partial charge >= 0.3 is 5.97 Å². The Morgan fingerprint density at radius 2 is 2.00 bits per heavy atom. The Balaban J connectivity index is 2.28. The quantitative estimate of drug-likeness (QED) is 0.732. The van der Waals surface area contributed by atoms with Crippen LogP contribution in [0.25, 0.3) is 0 Å². The van der Waals surface area contributed by atoms with Crippen molar-refractivity contribution >= 4 is 17.6 Å². The highest BCUT2D eigenvalue weighted by molar-refractivity contribution is 6.04. The van der Waals surface area contributed by atoms with Crippen molar-refractivity contribution in [3.05, 3.63) is 47.8 Å². The summed E-state index contributed by atoms with van der Waals surface area (Å²) in [5.74, 6) is -1.74. The Labute approximate surface area is 108 Å². The molecular formula is C13H12N2O4. The van der Waals surface area contributed by atoms with Crippen LogP contribution in [0.3, 0.4) is 0 Å². The Hall–Kier alpha value is -2.76. The third-order valence-corrected chi connectivity index (χ3v) is 2.67. The number of carbonyl (C=O) groups excluding carboxylic acids is 1. The molecule has 0 saturated heterocycles. The second kappa shape index (κ2) is 4.85. The van der Waals surface area contributed by atoms with Crippen molar-refractivity contribution in [2.75, 3.05) is 5.32 Å². The zero-order valence-electron chi connectivity index (χ0n) is 10.1. The molecule has 0 aliphatic carbocycles. The first kappa shape index (κ1) is 12.7. The maximum absolute atomic E-state index is 11.9. The molecule has 0 saturated carbocycles. The smallest absolute Gasteiger partial charge is 0.335 e. The molecule has 1 heterocycles. The average Bonchev–Trinajstić information content (AvgIpc) is 2.78. The van der Waals surface area contributed by atoms with Gasteiger partial charge in [0, 0.05) is 13.2 Å². The molecule has 0 spiro atoms. The first-order valence-corrected chi connectivity index (χ1v) is 5.48. The lowest BCUT2D eigenvalue weighted by Crippen LogP contribution is -2.15. The Bertz CT molecular complexity index is 646. The monoisotopic (exact) mass is 260 g/mol. The molecule has 6 heteroatoms. The number of amides is 1. The van der Waals surface area contributed by atoms with E-state index in [-0.39, 0.29) is 17.0 Å². The number of phenols is 1. The maximum Gasteiger partial charge on any atom is 0.335 e. The minimum Gasteiger partial charge on any atom is -0.506 e. The molecule has 0 atom stereocenters. The fourth-order valence-corrected chi connectivity index (χ4v) is 1.65. The van der Waals surface area contributed by atoms with Gasteiger partial charge < -0.3 is 20.1 Å². The van der Waals surface area contributed by atoms with Crippen molar-refractivity contribution in [3.63, 3.8) is 0 Å². The van der Waals surface area contributed by atoms with Crippen LogP contribution in [0.15, 0.2) is 36.5 Å². The third kappa shape index (κ3) is 2.57. The van der Waals surface area contributed by atoms with Gasteiger partial charge in [0.2, 0.25) is 0 Å². The minimum absolute atomic E-state index is 0.0139. The van der Waals surface area contributed by atoms with Gasteiger partial charge in [0.05, 0.1) is 11.3 Å². The van der Waals surface area contributed by atoms with Gasteiger partial charge in [0.1, 0.15) is 11.4 Å². The van der Waals surface area contributed by atoms with Gasteiger partial charge in [-0.25, -0.2) is 4.79 Å². The second-order valence-corrected chi connectivity index (χ2v) is 4.00. The number of nitrogens with zero attached hydrogens (tertiary/aromatic N) is 1. The molecule has 6 nitrogen and oxygen atoms in total. The molecule has 0 radical (unpaired) electrons. The molecular weight excluding hydrogens is 248 g/mol. The van der Waals surface area contributed by atoms with Crippen molar-refractivity contribution in [1.29, 1.82) is 0 Å². The normalized spacial score (nSPS) is 10.2. The molecule has 19 heavy (non-hydrogen) atoms. The number of aromatic nitrogens is 1. The van der Waals surface area contributed by atoms with E-state index in [1.54, 1.807) is 29.9 Å². The van der Waals surface area contributed by atoms with Crippen LogP contribution in [0.5, 0.6) is 5.75 Å². The molecule has 2 rings (SSSR count). The van der Waals surface area contributed by atoms with Gasteiger partial charge in [-0.05, 0) is 30.3 Å². The first-order chi connectivity index (χ1) is 8.99. The van der Waals surface area contributed by atoms with E-state index in [0.717, 1.165) is 0 Å². The van der Waals surface area contributed by atoms with Crippen LogP contribution in [-0.2, 0) is 7.05 Å². The summed E-state index contributed by atoms with van der Waals surface area (Å²) >= 11 is 0. The third-order valence-electron chi connectivity index (χ3n) is 2.67. The van der Waals surface area contributed by atoms with Crippen LogP contribution >= 0.6 is 0 Å². The standard InChI is InChI=1S/C13H12N2O4/c1-15-6-2-3-10(15)12(17)14-9-7-8(13(18)19)4-5-11(9)16/h2-7,16H,1H3,(H,14,17)(H,18,19). The molecule has 0 bridgehead atoms. The molecule has 1 aromatic heterocycles. The Morgan fingerprint density at radius 3 is 2.58 bits per heavy atom. The highest BCUT2D eigenvalue weighted by atomic mass is 16.4. The summed E-state index contributed by atoms with van der Waals surface area (Å²) in [6.07, 6.45) is 1.71. The number of carbonyl (C=O) groups is 2. The Morgan fingerprint density at radius 1 is 1.26 bits per heavy atom. The molecule has 0 fully saturated rings. The number of carboxylic acid groups (broad SMARTS) is 1. The lowest BCUT2D eigenvalue weighted by Gasteiger charge is -2.08. The first-order valence-electron chi connectivity index (χ1n) is 5.48. The summed E-state index contributed by atoms with van der Waals surface area (Å²) in [6, 6.07) is 7.02. The number of aromatic hydroxyl groups is 1. The zero-order valence-corrected chi connectivity index (χ0v) is 10.1. The number of aromatic carboxylic acids is 1. The van der Waals surface area contributed by atoms with E-state index in [0.29, 0.717) is 5.69 Å². The van der Waals surface area contributed by atoms with Crippen molar-refractivity contribution in [2.45, 2.75) is 0 Å². The van der Waals surface area contributed by atoms with Crippen LogP contribution in [0.4, 0.5) is 5.69 Å². The van der Waals surface area contributed by atoms with E-state index in [1.165, 1.54) is 18.2 Å². The summed E-state index contributed by atoms with van der Waals surface area (Å²) in [7, 11) is 1.71. The molecule has 1 aromatic carbocycles. The highest BCUT2D eigenvalue weighted by Gasteiger charge is 2.13. The number of carboxylic acids is 1. The minimum atomic E-state index is -1.13. The summed E-state index contributed by atoms with van der Waals surface area (Å²) < 4.78 is 1.62.